The predicted molar refractivity (Wildman–Crippen MR) is 70.3 cm³/mol. The van der Waals surface area contributed by atoms with Gasteiger partial charge in [-0.2, -0.15) is 0 Å². The van der Waals surface area contributed by atoms with Crippen LogP contribution in [0.25, 0.3) is 5.57 Å². The molecule has 0 aliphatic carbocycles. The highest BCUT2D eigenvalue weighted by Crippen LogP contribution is 2.36. The van der Waals surface area contributed by atoms with E-state index in [2.05, 4.69) is 0 Å². The molecule has 0 aromatic heterocycles. The van der Waals surface area contributed by atoms with Crippen LogP contribution in [0.15, 0.2) is 30.3 Å². The number of para-hydroxylation sites is 1. The molecule has 20 heavy (non-hydrogen) atoms. The molecule has 0 spiro atoms. The topological polar surface area (TPSA) is 110 Å². The maximum absolute atomic E-state index is 12.2. The quantitative estimate of drug-likeness (QED) is 0.710. The molecule has 1 aromatic rings. The zero-order valence-electron chi connectivity index (χ0n) is 10.5. The lowest BCUT2D eigenvalue weighted by Crippen LogP contribution is -2.34. The third-order valence-electron chi connectivity index (χ3n) is 2.71. The van der Waals surface area contributed by atoms with E-state index >= 15 is 0 Å². The monoisotopic (exact) mass is 273 g/mol. The number of rotatable bonds is 1. The lowest BCUT2D eigenvalue weighted by atomic mass is 10.1. The third kappa shape index (κ3) is 2.28. The molecule has 0 atom stereocenters. The van der Waals surface area contributed by atoms with Crippen LogP contribution in [0, 0.1) is 0 Å². The maximum Gasteiger partial charge on any atom is 0.319 e. The fourth-order valence-corrected chi connectivity index (χ4v) is 1.98. The maximum atomic E-state index is 12.2. The Labute approximate surface area is 114 Å². The second-order valence-corrected chi connectivity index (χ2v) is 4.09. The number of benzene rings is 1. The number of nitrogens with zero attached hydrogens (tertiary/aromatic N) is 1. The van der Waals surface area contributed by atoms with Crippen molar-refractivity contribution in [2.24, 2.45) is 5.73 Å². The van der Waals surface area contributed by atoms with Gasteiger partial charge in [-0.1, -0.05) is 18.2 Å². The summed E-state index contributed by atoms with van der Waals surface area (Å²) in [7, 11) is 0. The van der Waals surface area contributed by atoms with E-state index in [0.29, 0.717) is 11.3 Å². The van der Waals surface area contributed by atoms with E-state index in [1.54, 1.807) is 24.3 Å². The van der Waals surface area contributed by atoms with Crippen molar-refractivity contribution < 1.29 is 19.2 Å². The van der Waals surface area contributed by atoms with Crippen molar-refractivity contribution in [3.63, 3.8) is 0 Å². The third-order valence-corrected chi connectivity index (χ3v) is 2.71. The van der Waals surface area contributed by atoms with Gasteiger partial charge in [0.2, 0.25) is 5.91 Å². The van der Waals surface area contributed by atoms with Crippen molar-refractivity contribution in [1.29, 1.82) is 0 Å². The Bertz CT molecular complexity index is 663. The molecule has 0 fully saturated rings. The molecular weight excluding hydrogens is 262 g/mol. The average molecular weight is 273 g/mol. The number of nitrogens with two attached hydrogens (primary N) is 1. The Morgan fingerprint density at radius 1 is 1.25 bits per heavy atom. The highest BCUT2D eigenvalue weighted by atomic mass is 16.2. The summed E-state index contributed by atoms with van der Waals surface area (Å²) in [5, 5.41) is 1.83. The normalized spacial score (nSPS) is 15.2. The number of hydrogen-bond donors (Lipinski definition) is 2. The molecule has 5 amide bonds. The highest BCUT2D eigenvalue weighted by molar-refractivity contribution is 6.41. The molecule has 1 aromatic carbocycles. The molecule has 0 bridgehead atoms. The summed E-state index contributed by atoms with van der Waals surface area (Å²) < 4.78 is 0. The van der Waals surface area contributed by atoms with Crippen LogP contribution in [-0.2, 0) is 14.4 Å². The lowest BCUT2D eigenvalue weighted by Gasteiger charge is -2.11. The number of primary amides is 1. The number of nitrogens with one attached hydrogen (secondary N) is 1. The number of hydrogen-bond acceptors (Lipinski definition) is 4. The Morgan fingerprint density at radius 3 is 2.50 bits per heavy atom. The number of carbonyl (C=O) groups is 4. The van der Waals surface area contributed by atoms with Crippen molar-refractivity contribution in [3.8, 4) is 0 Å². The van der Waals surface area contributed by atoms with E-state index in [4.69, 9.17) is 5.73 Å². The van der Waals surface area contributed by atoms with Gasteiger partial charge in [-0.05, 0) is 6.07 Å². The van der Waals surface area contributed by atoms with E-state index in [1.165, 1.54) is 6.92 Å². The van der Waals surface area contributed by atoms with E-state index < -0.39 is 23.8 Å². The minimum Gasteiger partial charge on any atom is -0.351 e. The fourth-order valence-electron chi connectivity index (χ4n) is 1.98. The minimum atomic E-state index is -1.02. The van der Waals surface area contributed by atoms with Crippen molar-refractivity contribution >= 4 is 35.0 Å². The first-order valence-electron chi connectivity index (χ1n) is 5.68. The van der Waals surface area contributed by atoms with Gasteiger partial charge in [0.05, 0.1) is 11.3 Å². The van der Waals surface area contributed by atoms with Crippen LogP contribution in [0.2, 0.25) is 0 Å². The summed E-state index contributed by atoms with van der Waals surface area (Å²) in [4.78, 5) is 46.8. The van der Waals surface area contributed by atoms with Gasteiger partial charge >= 0.3 is 6.03 Å². The smallest absolute Gasteiger partial charge is 0.319 e. The largest absolute Gasteiger partial charge is 0.351 e. The molecule has 3 N–H and O–H groups in total. The number of anilines is 1. The van der Waals surface area contributed by atoms with Crippen molar-refractivity contribution in [2.75, 3.05) is 4.90 Å². The van der Waals surface area contributed by atoms with Gasteiger partial charge in [0.25, 0.3) is 11.8 Å². The number of fused-ring (bicyclic) bond motifs is 1. The zero-order chi connectivity index (χ0) is 14.9. The lowest BCUT2D eigenvalue weighted by molar-refractivity contribution is -0.122. The molecule has 7 heteroatoms. The fraction of sp³-hybridized carbons (Fsp3) is 0.0769. The summed E-state index contributed by atoms with van der Waals surface area (Å²) in [6.07, 6.45) is 0.953. The van der Waals surface area contributed by atoms with Gasteiger partial charge in [0.1, 0.15) is 0 Å². The molecule has 1 aliphatic heterocycles. The van der Waals surface area contributed by atoms with Crippen LogP contribution in [0.3, 0.4) is 0 Å². The first-order valence-corrected chi connectivity index (χ1v) is 5.68. The second kappa shape index (κ2) is 4.96. The molecule has 0 saturated heterocycles. The van der Waals surface area contributed by atoms with Crippen LogP contribution in [0.4, 0.5) is 10.5 Å². The summed E-state index contributed by atoms with van der Waals surface area (Å²) in [6, 6.07) is 5.54. The first kappa shape index (κ1) is 13.5. The molecule has 7 nitrogen and oxygen atoms in total. The molecule has 102 valence electrons. The molecule has 1 aliphatic rings. The van der Waals surface area contributed by atoms with Crippen molar-refractivity contribution in [3.05, 3.63) is 35.9 Å². The van der Waals surface area contributed by atoms with Gasteiger partial charge < -0.3 is 5.73 Å². The molecule has 2 rings (SSSR count). The van der Waals surface area contributed by atoms with Gasteiger partial charge in [0.15, 0.2) is 0 Å². The molecule has 0 radical (unpaired) electrons. The number of amides is 5. The van der Waals surface area contributed by atoms with Crippen LogP contribution in [0.1, 0.15) is 12.5 Å². The number of urea groups is 1. The summed E-state index contributed by atoms with van der Waals surface area (Å²) in [5.41, 5.74) is 5.72. The van der Waals surface area contributed by atoms with Gasteiger partial charge in [0, 0.05) is 18.6 Å². The molecule has 1 heterocycles. The van der Waals surface area contributed by atoms with Crippen LogP contribution >= 0.6 is 0 Å². The van der Waals surface area contributed by atoms with Crippen LogP contribution in [-0.4, -0.2) is 23.8 Å². The van der Waals surface area contributed by atoms with E-state index in [1.807, 2.05) is 5.32 Å². The second-order valence-electron chi connectivity index (χ2n) is 4.09. The van der Waals surface area contributed by atoms with E-state index in [0.717, 1.165) is 11.0 Å². The Morgan fingerprint density at radius 2 is 1.90 bits per heavy atom. The number of imide groups is 2. The van der Waals surface area contributed by atoms with E-state index in [9.17, 15) is 19.2 Å². The molecule has 0 saturated carbocycles. The average Bonchev–Trinajstić information content (AvgIpc) is 2.62. The summed E-state index contributed by atoms with van der Waals surface area (Å²) in [5.74, 6) is -1.89. The SMILES string of the molecule is CC(=O)N1C(=O)/C(=C\C(=O)NC(N)=O)c2ccccc21. The minimum absolute atomic E-state index is 0.0366. The van der Waals surface area contributed by atoms with Crippen molar-refractivity contribution in [1.82, 2.24) is 5.32 Å². The number of carbonyl (C=O) groups excluding carboxylic acids is 4. The molecular formula is C13H11N3O4. The zero-order valence-corrected chi connectivity index (χ0v) is 10.5. The van der Waals surface area contributed by atoms with Gasteiger partial charge in [-0.25, -0.2) is 9.69 Å². The Kier molecular flexibility index (Phi) is 3.34. The Hall–Kier alpha value is -2.96. The standard InChI is InChI=1S/C13H11N3O4/c1-7(17)16-10-5-3-2-4-8(10)9(12(16)19)6-11(18)15-13(14)20/h2-6H,1H3,(H3,14,15,18,20)/b9-6-. The Balaban J connectivity index is 2.48. The predicted octanol–water partition coefficient (Wildman–Crippen LogP) is 0.158. The van der Waals surface area contributed by atoms with E-state index in [-0.39, 0.29) is 5.57 Å². The van der Waals surface area contributed by atoms with Crippen LogP contribution < -0.4 is 16.0 Å². The molecule has 0 unspecified atom stereocenters. The van der Waals surface area contributed by atoms with Crippen molar-refractivity contribution in [2.45, 2.75) is 6.92 Å². The summed E-state index contributed by atoms with van der Waals surface area (Å²) >= 11 is 0. The van der Waals surface area contributed by atoms with Crippen LogP contribution in [0.5, 0.6) is 0 Å². The van der Waals surface area contributed by atoms with Gasteiger partial charge in [-0.3, -0.25) is 19.7 Å². The highest BCUT2D eigenvalue weighted by Gasteiger charge is 2.35. The first-order chi connectivity index (χ1) is 9.41. The summed E-state index contributed by atoms with van der Waals surface area (Å²) in [6.45, 7) is 1.25. The van der Waals surface area contributed by atoms with Gasteiger partial charge in [-0.15, -0.1) is 0 Å².